The summed E-state index contributed by atoms with van der Waals surface area (Å²) >= 11 is 0. The molecule has 28 heavy (non-hydrogen) atoms. The topological polar surface area (TPSA) is 85.1 Å². The summed E-state index contributed by atoms with van der Waals surface area (Å²) < 4.78 is 3.48. The van der Waals surface area contributed by atoms with E-state index in [1.165, 1.54) is 0 Å². The van der Waals surface area contributed by atoms with Crippen LogP contribution in [0.1, 0.15) is 39.0 Å². The van der Waals surface area contributed by atoms with E-state index in [2.05, 4.69) is 15.5 Å². The first kappa shape index (κ1) is 18.0. The molecule has 0 bridgehead atoms. The lowest BCUT2D eigenvalue weighted by Gasteiger charge is -2.27. The Kier molecular flexibility index (Phi) is 4.68. The van der Waals surface area contributed by atoms with Gasteiger partial charge in [0, 0.05) is 49.6 Å². The van der Waals surface area contributed by atoms with Gasteiger partial charge in [-0.25, -0.2) is 0 Å². The van der Waals surface area contributed by atoms with Crippen LogP contribution in [-0.4, -0.2) is 42.8 Å². The third kappa shape index (κ3) is 3.17. The molecule has 1 aliphatic rings. The molecule has 8 heteroatoms. The van der Waals surface area contributed by atoms with Gasteiger partial charge < -0.3 is 10.2 Å². The van der Waals surface area contributed by atoms with Gasteiger partial charge in [-0.3, -0.25) is 19.0 Å². The second-order valence-electron chi connectivity index (χ2n) is 6.73. The second kappa shape index (κ2) is 7.30. The molecule has 1 aromatic carbocycles. The molecule has 2 aromatic heterocycles. The lowest BCUT2D eigenvalue weighted by molar-refractivity contribution is 0.0721. The minimum absolute atomic E-state index is 0.0609. The van der Waals surface area contributed by atoms with Crippen molar-refractivity contribution in [2.75, 3.05) is 11.9 Å². The minimum atomic E-state index is -0.214. The predicted molar refractivity (Wildman–Crippen MR) is 104 cm³/mol. The number of nitrogens with zero attached hydrogens (tertiary/aromatic N) is 5. The Bertz CT molecular complexity index is 1020. The average Bonchev–Trinajstić information content (AvgIpc) is 3.32. The summed E-state index contributed by atoms with van der Waals surface area (Å²) in [5.41, 5.74) is 3.06. The van der Waals surface area contributed by atoms with Crippen molar-refractivity contribution < 1.29 is 9.59 Å². The summed E-state index contributed by atoms with van der Waals surface area (Å²) in [5, 5.41) is 11.6. The van der Waals surface area contributed by atoms with Crippen molar-refractivity contribution in [1.82, 2.24) is 24.5 Å². The lowest BCUT2D eigenvalue weighted by Crippen LogP contribution is -2.37. The number of carbonyl (C=O) groups is 2. The molecular weight excluding hydrogens is 356 g/mol. The Morgan fingerprint density at radius 1 is 1.18 bits per heavy atom. The van der Waals surface area contributed by atoms with E-state index < -0.39 is 0 Å². The zero-order valence-electron chi connectivity index (χ0n) is 15.9. The summed E-state index contributed by atoms with van der Waals surface area (Å²) in [6.45, 7) is 3.60. The number of aromatic nitrogens is 4. The van der Waals surface area contributed by atoms with E-state index in [-0.39, 0.29) is 11.8 Å². The largest absolute Gasteiger partial charge is 0.332 e. The van der Waals surface area contributed by atoms with Crippen molar-refractivity contribution in [3.8, 4) is 0 Å². The molecule has 0 unspecified atom stereocenters. The third-order valence-electron chi connectivity index (χ3n) is 5.03. The Labute approximate surface area is 162 Å². The van der Waals surface area contributed by atoms with Crippen LogP contribution in [0.2, 0.25) is 0 Å². The standard InChI is InChI=1S/C20H22N6O2/c1-3-26-17(9-11-21-26)20(28)25-12-10-16-15(13-25)18(23-24(16)2)22-19(27)14-7-5-4-6-8-14/h4-9,11H,3,10,12-13H2,1-2H3,(H,22,23,27). The summed E-state index contributed by atoms with van der Waals surface area (Å²) in [4.78, 5) is 27.3. The van der Waals surface area contributed by atoms with Crippen LogP contribution in [0, 0.1) is 0 Å². The van der Waals surface area contributed by atoms with Crippen molar-refractivity contribution in [2.24, 2.45) is 7.05 Å². The first-order chi connectivity index (χ1) is 13.6. The predicted octanol–water partition coefficient (Wildman–Crippen LogP) is 2.09. The van der Waals surface area contributed by atoms with Crippen LogP contribution in [0.25, 0.3) is 0 Å². The second-order valence-corrected chi connectivity index (χ2v) is 6.73. The quantitative estimate of drug-likeness (QED) is 0.753. The number of nitrogens with one attached hydrogen (secondary N) is 1. The normalized spacial score (nSPS) is 13.3. The number of hydrogen-bond acceptors (Lipinski definition) is 4. The van der Waals surface area contributed by atoms with Crippen LogP contribution < -0.4 is 5.32 Å². The van der Waals surface area contributed by atoms with E-state index in [1.807, 2.05) is 32.2 Å². The molecule has 0 atom stereocenters. The molecule has 0 aliphatic carbocycles. The summed E-state index contributed by atoms with van der Waals surface area (Å²) in [5.74, 6) is 0.232. The van der Waals surface area contributed by atoms with Crippen LogP contribution >= 0.6 is 0 Å². The monoisotopic (exact) mass is 378 g/mol. The summed E-state index contributed by atoms with van der Waals surface area (Å²) in [7, 11) is 1.86. The lowest BCUT2D eigenvalue weighted by atomic mass is 10.1. The molecule has 4 rings (SSSR count). The molecule has 2 amide bonds. The average molecular weight is 378 g/mol. The molecule has 0 saturated heterocycles. The van der Waals surface area contributed by atoms with E-state index >= 15 is 0 Å². The first-order valence-electron chi connectivity index (χ1n) is 9.30. The van der Waals surface area contributed by atoms with Crippen LogP contribution in [-0.2, 0) is 26.6 Å². The van der Waals surface area contributed by atoms with Crippen molar-refractivity contribution in [3.05, 3.63) is 65.1 Å². The van der Waals surface area contributed by atoms with Crippen molar-refractivity contribution in [3.63, 3.8) is 0 Å². The van der Waals surface area contributed by atoms with Gasteiger partial charge in [0.05, 0.1) is 6.54 Å². The molecular formula is C20H22N6O2. The van der Waals surface area contributed by atoms with Crippen LogP contribution in [0.3, 0.4) is 0 Å². The molecule has 3 aromatic rings. The molecule has 0 radical (unpaired) electrons. The highest BCUT2D eigenvalue weighted by Crippen LogP contribution is 2.27. The van der Waals surface area contributed by atoms with Crippen LogP contribution in [0.15, 0.2) is 42.6 Å². The number of benzene rings is 1. The Hall–Kier alpha value is -3.42. The SMILES string of the molecule is CCn1nccc1C(=O)N1CCc2c(c(NC(=O)c3ccccc3)nn2C)C1. The van der Waals surface area contributed by atoms with Gasteiger partial charge in [-0.15, -0.1) is 0 Å². The van der Waals surface area contributed by atoms with E-state index in [1.54, 1.807) is 38.7 Å². The fourth-order valence-electron chi connectivity index (χ4n) is 3.56. The molecule has 0 spiro atoms. The zero-order valence-corrected chi connectivity index (χ0v) is 15.9. The Balaban J connectivity index is 1.58. The molecule has 0 fully saturated rings. The van der Waals surface area contributed by atoms with Crippen molar-refractivity contribution >= 4 is 17.6 Å². The number of hydrogen-bond donors (Lipinski definition) is 1. The van der Waals surface area contributed by atoms with E-state index in [9.17, 15) is 9.59 Å². The Morgan fingerprint density at radius 2 is 1.96 bits per heavy atom. The number of rotatable bonds is 4. The van der Waals surface area contributed by atoms with Gasteiger partial charge in [-0.2, -0.15) is 10.2 Å². The van der Waals surface area contributed by atoms with E-state index in [0.717, 1.165) is 11.3 Å². The van der Waals surface area contributed by atoms with Gasteiger partial charge in [0.25, 0.3) is 11.8 Å². The molecule has 8 nitrogen and oxygen atoms in total. The molecule has 3 heterocycles. The number of aryl methyl sites for hydroxylation is 2. The molecule has 1 N–H and O–H groups in total. The summed E-state index contributed by atoms with van der Waals surface area (Å²) in [6.07, 6.45) is 2.33. The fourth-order valence-corrected chi connectivity index (χ4v) is 3.56. The van der Waals surface area contributed by atoms with Crippen molar-refractivity contribution in [1.29, 1.82) is 0 Å². The maximum atomic E-state index is 13.0. The first-order valence-corrected chi connectivity index (χ1v) is 9.30. The smallest absolute Gasteiger partial charge is 0.272 e. The molecule has 1 aliphatic heterocycles. The summed E-state index contributed by atoms with van der Waals surface area (Å²) in [6, 6.07) is 10.8. The van der Waals surface area contributed by atoms with Gasteiger partial charge >= 0.3 is 0 Å². The van der Waals surface area contributed by atoms with Gasteiger partial charge in [0.2, 0.25) is 0 Å². The van der Waals surface area contributed by atoms with Gasteiger partial charge in [-0.05, 0) is 25.1 Å². The van der Waals surface area contributed by atoms with Gasteiger partial charge in [0.1, 0.15) is 5.69 Å². The minimum Gasteiger partial charge on any atom is -0.332 e. The van der Waals surface area contributed by atoms with Crippen LogP contribution in [0.4, 0.5) is 5.82 Å². The maximum absolute atomic E-state index is 13.0. The fraction of sp³-hybridized carbons (Fsp3) is 0.300. The molecule has 144 valence electrons. The highest BCUT2D eigenvalue weighted by Gasteiger charge is 2.29. The maximum Gasteiger partial charge on any atom is 0.272 e. The number of anilines is 1. The zero-order chi connectivity index (χ0) is 19.7. The third-order valence-corrected chi connectivity index (χ3v) is 5.03. The van der Waals surface area contributed by atoms with Gasteiger partial charge in [-0.1, -0.05) is 18.2 Å². The number of fused-ring (bicyclic) bond motifs is 1. The highest BCUT2D eigenvalue weighted by molar-refractivity contribution is 6.04. The number of amides is 2. The van der Waals surface area contributed by atoms with E-state index in [0.29, 0.717) is 43.1 Å². The molecule has 0 saturated carbocycles. The van der Waals surface area contributed by atoms with Gasteiger partial charge in [0.15, 0.2) is 5.82 Å². The van der Waals surface area contributed by atoms with Crippen molar-refractivity contribution in [2.45, 2.75) is 26.4 Å². The Morgan fingerprint density at radius 3 is 2.71 bits per heavy atom. The highest BCUT2D eigenvalue weighted by atomic mass is 16.2. The van der Waals surface area contributed by atoms with Crippen LogP contribution in [0.5, 0.6) is 0 Å². The van der Waals surface area contributed by atoms with E-state index in [4.69, 9.17) is 0 Å². The number of carbonyl (C=O) groups excluding carboxylic acids is 2.